The predicted octanol–water partition coefficient (Wildman–Crippen LogP) is 0.139. The fraction of sp³-hybridized carbons (Fsp3) is 0.529. The fourth-order valence-corrected chi connectivity index (χ4v) is 4.18. The van der Waals surface area contributed by atoms with Crippen molar-refractivity contribution in [3.05, 3.63) is 24.3 Å². The number of amides is 2. The summed E-state index contributed by atoms with van der Waals surface area (Å²) in [7, 11) is -3.15. The minimum atomic E-state index is -3.15. The summed E-state index contributed by atoms with van der Waals surface area (Å²) in [6.45, 7) is 2.76. The second-order valence-electron chi connectivity index (χ2n) is 6.74. The normalized spacial score (nSPS) is 20.9. The smallest absolute Gasteiger partial charge is 0.414 e. The maximum Gasteiger partial charge on any atom is 0.414 e. The lowest BCUT2D eigenvalue weighted by Gasteiger charge is -2.34. The first-order valence-electron chi connectivity index (χ1n) is 8.94. The van der Waals surface area contributed by atoms with E-state index in [0.29, 0.717) is 38.4 Å². The Morgan fingerprint density at radius 1 is 1.18 bits per heavy atom. The van der Waals surface area contributed by atoms with Crippen molar-refractivity contribution in [2.75, 3.05) is 61.1 Å². The van der Waals surface area contributed by atoms with Crippen molar-refractivity contribution in [3.63, 3.8) is 0 Å². The number of hydrogen-bond acceptors (Lipinski definition) is 7. The van der Waals surface area contributed by atoms with Gasteiger partial charge in [0.1, 0.15) is 6.10 Å². The molecule has 1 aromatic carbocycles. The number of cyclic esters (lactones) is 1. The minimum absolute atomic E-state index is 0.0876. The monoisotopic (exact) mass is 428 g/mol. The summed E-state index contributed by atoms with van der Waals surface area (Å²) >= 11 is 3.89. The van der Waals surface area contributed by atoms with Gasteiger partial charge in [-0.1, -0.05) is 0 Å². The molecule has 1 N–H and O–H groups in total. The summed E-state index contributed by atoms with van der Waals surface area (Å²) in [6, 6.07) is 7.51. The number of hydrogen-bond donors (Lipinski definition) is 2. The highest BCUT2D eigenvalue weighted by atomic mass is 32.2. The zero-order valence-electron chi connectivity index (χ0n) is 15.6. The van der Waals surface area contributed by atoms with E-state index in [1.807, 2.05) is 24.3 Å². The molecule has 0 aliphatic carbocycles. The molecule has 1 atom stereocenters. The van der Waals surface area contributed by atoms with Gasteiger partial charge in [-0.2, -0.15) is 16.9 Å². The SMILES string of the molecule is CS(=O)(=O)N1CCN(c2ccc(N3CC(CNC(=O)CS)OC3=O)cc2)CC1. The van der Waals surface area contributed by atoms with E-state index in [-0.39, 0.29) is 18.2 Å². The summed E-state index contributed by atoms with van der Waals surface area (Å²) in [5.74, 6) is -0.122. The van der Waals surface area contributed by atoms with Gasteiger partial charge in [0, 0.05) is 37.6 Å². The van der Waals surface area contributed by atoms with Crippen LogP contribution in [0.5, 0.6) is 0 Å². The molecule has 0 radical (unpaired) electrons. The van der Waals surface area contributed by atoms with Gasteiger partial charge in [-0.15, -0.1) is 0 Å². The second kappa shape index (κ2) is 8.58. The van der Waals surface area contributed by atoms with Crippen molar-refractivity contribution in [3.8, 4) is 0 Å². The van der Waals surface area contributed by atoms with Crippen LogP contribution in [0.1, 0.15) is 0 Å². The average Bonchev–Trinajstić information content (AvgIpc) is 3.06. The van der Waals surface area contributed by atoms with Crippen molar-refractivity contribution in [2.45, 2.75) is 6.10 Å². The molecule has 2 aliphatic heterocycles. The van der Waals surface area contributed by atoms with Crippen molar-refractivity contribution in [1.82, 2.24) is 9.62 Å². The molecule has 2 aliphatic rings. The molecule has 0 saturated carbocycles. The molecule has 2 saturated heterocycles. The molecule has 3 rings (SSSR count). The zero-order valence-corrected chi connectivity index (χ0v) is 17.3. The fourth-order valence-electron chi connectivity index (χ4n) is 3.24. The number of carbonyl (C=O) groups excluding carboxylic acids is 2. The Morgan fingerprint density at radius 3 is 2.36 bits per heavy atom. The molecule has 0 spiro atoms. The molecule has 28 heavy (non-hydrogen) atoms. The first kappa shape index (κ1) is 20.7. The van der Waals surface area contributed by atoms with Crippen LogP contribution in [-0.2, 0) is 19.6 Å². The van der Waals surface area contributed by atoms with Gasteiger partial charge in [0.15, 0.2) is 0 Å². The minimum Gasteiger partial charge on any atom is -0.442 e. The van der Waals surface area contributed by atoms with Crippen LogP contribution in [0.25, 0.3) is 0 Å². The van der Waals surface area contributed by atoms with Gasteiger partial charge in [0.05, 0.1) is 25.1 Å². The number of thiol groups is 1. The van der Waals surface area contributed by atoms with Crippen LogP contribution in [0, 0.1) is 0 Å². The highest BCUT2D eigenvalue weighted by molar-refractivity contribution is 7.88. The summed E-state index contributed by atoms with van der Waals surface area (Å²) < 4.78 is 30.0. The molecule has 2 amide bonds. The third kappa shape index (κ3) is 4.89. The number of carbonyl (C=O) groups is 2. The highest BCUT2D eigenvalue weighted by Gasteiger charge is 2.32. The lowest BCUT2D eigenvalue weighted by Crippen LogP contribution is -2.48. The van der Waals surface area contributed by atoms with Gasteiger partial charge in [-0.3, -0.25) is 9.69 Å². The first-order chi connectivity index (χ1) is 13.3. The van der Waals surface area contributed by atoms with E-state index in [4.69, 9.17) is 4.74 Å². The van der Waals surface area contributed by atoms with Crippen LogP contribution in [0.4, 0.5) is 16.2 Å². The third-order valence-electron chi connectivity index (χ3n) is 4.78. The lowest BCUT2D eigenvalue weighted by atomic mass is 10.2. The summed E-state index contributed by atoms with van der Waals surface area (Å²) in [6.07, 6.45) is 0.378. The van der Waals surface area contributed by atoms with Crippen LogP contribution < -0.4 is 15.1 Å². The molecule has 2 fully saturated rings. The number of nitrogens with one attached hydrogen (secondary N) is 1. The van der Waals surface area contributed by atoms with Crippen LogP contribution in [0.15, 0.2) is 24.3 Å². The Kier molecular flexibility index (Phi) is 6.36. The highest BCUT2D eigenvalue weighted by Crippen LogP contribution is 2.25. The maximum atomic E-state index is 12.1. The summed E-state index contributed by atoms with van der Waals surface area (Å²) in [5.41, 5.74) is 1.69. The second-order valence-corrected chi connectivity index (χ2v) is 9.04. The van der Waals surface area contributed by atoms with Crippen molar-refractivity contribution >= 4 is 46.0 Å². The number of rotatable bonds is 6. The molecule has 0 bridgehead atoms. The predicted molar refractivity (Wildman–Crippen MR) is 110 cm³/mol. The van der Waals surface area contributed by atoms with Gasteiger partial charge in [-0.25, -0.2) is 13.2 Å². The molecule has 2 heterocycles. The van der Waals surface area contributed by atoms with E-state index in [1.165, 1.54) is 15.5 Å². The topological polar surface area (TPSA) is 99.3 Å². The van der Waals surface area contributed by atoms with Gasteiger partial charge < -0.3 is 15.0 Å². The van der Waals surface area contributed by atoms with E-state index in [9.17, 15) is 18.0 Å². The molecule has 0 aromatic heterocycles. The van der Waals surface area contributed by atoms with Crippen LogP contribution in [0.2, 0.25) is 0 Å². The van der Waals surface area contributed by atoms with Crippen LogP contribution in [-0.4, -0.2) is 82.1 Å². The van der Waals surface area contributed by atoms with Gasteiger partial charge >= 0.3 is 6.09 Å². The van der Waals surface area contributed by atoms with E-state index in [1.54, 1.807) is 0 Å². The molecule has 154 valence electrons. The molecular formula is C17H24N4O5S2. The van der Waals surface area contributed by atoms with E-state index in [0.717, 1.165) is 5.69 Å². The molecule has 1 unspecified atom stereocenters. The quantitative estimate of drug-likeness (QED) is 0.626. The number of sulfonamides is 1. The molecule has 11 heteroatoms. The van der Waals surface area contributed by atoms with Gasteiger partial charge in [-0.05, 0) is 24.3 Å². The van der Waals surface area contributed by atoms with Crippen molar-refractivity contribution in [1.29, 1.82) is 0 Å². The third-order valence-corrected chi connectivity index (χ3v) is 6.37. The lowest BCUT2D eigenvalue weighted by molar-refractivity contribution is -0.118. The number of benzene rings is 1. The van der Waals surface area contributed by atoms with Crippen LogP contribution in [0.3, 0.4) is 0 Å². The van der Waals surface area contributed by atoms with E-state index >= 15 is 0 Å². The zero-order chi connectivity index (χ0) is 20.3. The standard InChI is InChI=1S/C17H24N4O5S2/c1-28(24,25)20-8-6-19(7-9-20)13-2-4-14(5-3-13)21-11-15(26-17(21)23)10-18-16(22)12-27/h2-5,15,27H,6-12H2,1H3,(H,18,22). The number of nitrogens with zero attached hydrogens (tertiary/aromatic N) is 3. The Morgan fingerprint density at radius 2 is 1.79 bits per heavy atom. The summed E-state index contributed by atoms with van der Waals surface area (Å²) in [4.78, 5) is 27.0. The first-order valence-corrected chi connectivity index (χ1v) is 11.4. The van der Waals surface area contributed by atoms with E-state index < -0.39 is 22.2 Å². The Bertz CT molecular complexity index is 822. The summed E-state index contributed by atoms with van der Waals surface area (Å²) in [5, 5.41) is 2.66. The molecule has 1 aromatic rings. The Hall–Kier alpha value is -1.98. The maximum absolute atomic E-state index is 12.1. The number of anilines is 2. The largest absolute Gasteiger partial charge is 0.442 e. The van der Waals surface area contributed by atoms with Gasteiger partial charge in [0.25, 0.3) is 0 Å². The molecular weight excluding hydrogens is 404 g/mol. The number of piperazine rings is 1. The Balaban J connectivity index is 1.57. The van der Waals surface area contributed by atoms with Crippen molar-refractivity contribution < 1.29 is 22.7 Å². The van der Waals surface area contributed by atoms with Gasteiger partial charge in [0.2, 0.25) is 15.9 Å². The van der Waals surface area contributed by atoms with Crippen molar-refractivity contribution in [2.24, 2.45) is 0 Å². The number of ether oxygens (including phenoxy) is 1. The van der Waals surface area contributed by atoms with Crippen LogP contribution >= 0.6 is 12.6 Å². The average molecular weight is 429 g/mol. The molecule has 9 nitrogen and oxygen atoms in total. The Labute approximate surface area is 170 Å². The van der Waals surface area contributed by atoms with E-state index in [2.05, 4.69) is 22.8 Å².